The number of ether oxygens (including phenoxy) is 2. The van der Waals surface area contributed by atoms with E-state index < -0.39 is 29.6 Å². The second-order valence-corrected chi connectivity index (χ2v) is 11.3. The zero-order valence-corrected chi connectivity index (χ0v) is 23.9. The smallest absolute Gasteiger partial charge is 0.407 e. The fraction of sp³-hybridized carbons (Fsp3) is 0.382. The van der Waals surface area contributed by atoms with Crippen molar-refractivity contribution < 1.29 is 29.0 Å². The summed E-state index contributed by atoms with van der Waals surface area (Å²) in [6.07, 6.45) is 2.36. The van der Waals surface area contributed by atoms with Crippen LogP contribution in [0.2, 0.25) is 0 Å². The Kier molecular flexibility index (Phi) is 9.22. The lowest BCUT2D eigenvalue weighted by molar-refractivity contribution is -0.149. The van der Waals surface area contributed by atoms with Gasteiger partial charge >= 0.3 is 12.1 Å². The first-order chi connectivity index (χ1) is 20.4. The van der Waals surface area contributed by atoms with Gasteiger partial charge in [0.05, 0.1) is 18.1 Å². The molecular weight excluding hydrogens is 532 g/mol. The lowest BCUT2D eigenvalue weighted by Gasteiger charge is -2.37. The Balaban J connectivity index is 1.20. The van der Waals surface area contributed by atoms with E-state index in [1.54, 1.807) is 6.92 Å². The maximum atomic E-state index is 13.6. The third-order valence-electron chi connectivity index (χ3n) is 8.58. The number of fused-ring (bicyclic) bond motifs is 3. The summed E-state index contributed by atoms with van der Waals surface area (Å²) in [5.74, 6) is -1.62. The molecule has 0 radical (unpaired) electrons. The van der Waals surface area contributed by atoms with Crippen molar-refractivity contribution in [3.63, 3.8) is 0 Å². The molecule has 0 unspecified atom stereocenters. The SMILES string of the molecule is C[C@H](OCc1ccccc1)[C@@H](NC(=O)C1(CNC(=O)OCC2c3ccccc3-c3ccccc32)CCCCC1)C(=O)O. The lowest BCUT2D eigenvalue weighted by Crippen LogP contribution is -2.56. The quantitative estimate of drug-likeness (QED) is 0.275. The van der Waals surface area contributed by atoms with Crippen LogP contribution in [-0.2, 0) is 25.7 Å². The highest BCUT2D eigenvalue weighted by molar-refractivity contribution is 5.88. The molecule has 1 fully saturated rings. The Morgan fingerprint density at radius 1 is 0.881 bits per heavy atom. The topological polar surface area (TPSA) is 114 Å². The molecule has 5 rings (SSSR count). The van der Waals surface area contributed by atoms with Gasteiger partial charge in [-0.15, -0.1) is 0 Å². The van der Waals surface area contributed by atoms with Crippen molar-refractivity contribution in [3.05, 3.63) is 95.6 Å². The van der Waals surface area contributed by atoms with Crippen molar-refractivity contribution in [1.29, 1.82) is 0 Å². The normalized spacial score (nSPS) is 16.9. The number of hydrogen-bond acceptors (Lipinski definition) is 5. The Morgan fingerprint density at radius 3 is 2.10 bits per heavy atom. The van der Waals surface area contributed by atoms with Crippen LogP contribution in [-0.4, -0.2) is 48.4 Å². The van der Waals surface area contributed by atoms with Crippen LogP contribution in [0, 0.1) is 5.41 Å². The van der Waals surface area contributed by atoms with Crippen LogP contribution in [0.25, 0.3) is 11.1 Å². The molecule has 2 aliphatic rings. The number of carboxylic acids is 1. The Labute approximate surface area is 246 Å². The van der Waals surface area contributed by atoms with Crippen molar-refractivity contribution >= 4 is 18.0 Å². The van der Waals surface area contributed by atoms with Crippen molar-refractivity contribution in [2.75, 3.05) is 13.2 Å². The van der Waals surface area contributed by atoms with E-state index in [-0.39, 0.29) is 31.6 Å². The first-order valence-electron chi connectivity index (χ1n) is 14.7. The second-order valence-electron chi connectivity index (χ2n) is 11.3. The fourth-order valence-electron chi connectivity index (χ4n) is 6.18. The van der Waals surface area contributed by atoms with Crippen LogP contribution < -0.4 is 10.6 Å². The molecule has 0 spiro atoms. The van der Waals surface area contributed by atoms with Crippen LogP contribution in [0.1, 0.15) is 61.6 Å². The number of carbonyl (C=O) groups excluding carboxylic acids is 2. The number of benzene rings is 3. The highest BCUT2D eigenvalue weighted by Crippen LogP contribution is 2.44. The average molecular weight is 571 g/mol. The zero-order valence-electron chi connectivity index (χ0n) is 23.9. The summed E-state index contributed by atoms with van der Waals surface area (Å²) in [5, 5.41) is 15.5. The monoisotopic (exact) mass is 570 g/mol. The minimum absolute atomic E-state index is 0.0659. The Hall–Kier alpha value is -4.17. The summed E-state index contributed by atoms with van der Waals surface area (Å²) >= 11 is 0. The minimum atomic E-state index is -1.23. The highest BCUT2D eigenvalue weighted by Gasteiger charge is 2.42. The fourth-order valence-corrected chi connectivity index (χ4v) is 6.18. The van der Waals surface area contributed by atoms with Gasteiger partial charge in [0, 0.05) is 12.5 Å². The molecule has 0 saturated heterocycles. The third kappa shape index (κ3) is 6.49. The van der Waals surface area contributed by atoms with Gasteiger partial charge in [0.1, 0.15) is 6.61 Å². The molecule has 0 bridgehead atoms. The van der Waals surface area contributed by atoms with Crippen molar-refractivity contribution in [2.45, 2.75) is 63.7 Å². The molecule has 3 N–H and O–H groups in total. The molecule has 220 valence electrons. The standard InChI is InChI=1S/C34H38N2O6/c1-23(41-20-24-12-4-2-5-13-24)30(31(37)38)36-32(39)34(18-10-3-11-19-34)22-35-33(40)42-21-29-27-16-8-6-14-25(27)26-15-7-9-17-28(26)29/h2,4-9,12-17,23,29-30H,3,10-11,18-22H2,1H3,(H,35,40)(H,36,39)(H,37,38)/t23-,30+/m0/s1. The molecule has 42 heavy (non-hydrogen) atoms. The van der Waals surface area contributed by atoms with Gasteiger partial charge in [0.15, 0.2) is 6.04 Å². The molecule has 3 aromatic rings. The number of carboxylic acid groups (broad SMARTS) is 1. The molecule has 8 nitrogen and oxygen atoms in total. The lowest BCUT2D eigenvalue weighted by atomic mass is 9.73. The summed E-state index contributed by atoms with van der Waals surface area (Å²) in [7, 11) is 0. The second kappa shape index (κ2) is 13.2. The highest BCUT2D eigenvalue weighted by atomic mass is 16.5. The van der Waals surface area contributed by atoms with Crippen LogP contribution in [0.15, 0.2) is 78.9 Å². The molecule has 2 atom stereocenters. The predicted molar refractivity (Wildman–Crippen MR) is 159 cm³/mol. The summed E-state index contributed by atoms with van der Waals surface area (Å²) in [5.41, 5.74) is 4.54. The first kappa shape index (κ1) is 29.3. The van der Waals surface area contributed by atoms with Gasteiger partial charge < -0.3 is 25.2 Å². The van der Waals surface area contributed by atoms with Gasteiger partial charge in [0.2, 0.25) is 5.91 Å². The number of alkyl carbamates (subject to hydrolysis) is 1. The van der Waals surface area contributed by atoms with E-state index in [4.69, 9.17) is 9.47 Å². The number of aliphatic carboxylic acids is 1. The summed E-state index contributed by atoms with van der Waals surface area (Å²) < 4.78 is 11.5. The van der Waals surface area contributed by atoms with Gasteiger partial charge in [-0.3, -0.25) is 4.79 Å². The number of carbonyl (C=O) groups is 3. The maximum absolute atomic E-state index is 13.6. The van der Waals surface area contributed by atoms with E-state index in [9.17, 15) is 19.5 Å². The first-order valence-corrected chi connectivity index (χ1v) is 14.7. The molecule has 1 saturated carbocycles. The van der Waals surface area contributed by atoms with Gasteiger partial charge in [0.25, 0.3) is 0 Å². The molecular formula is C34H38N2O6. The molecule has 0 aromatic heterocycles. The van der Waals surface area contributed by atoms with Crippen LogP contribution >= 0.6 is 0 Å². The van der Waals surface area contributed by atoms with Crippen LogP contribution in [0.5, 0.6) is 0 Å². The van der Waals surface area contributed by atoms with Gasteiger partial charge in [-0.1, -0.05) is 98.1 Å². The maximum Gasteiger partial charge on any atom is 0.407 e. The number of hydrogen-bond donors (Lipinski definition) is 3. The summed E-state index contributed by atoms with van der Waals surface area (Å²) in [6.45, 7) is 2.12. The predicted octanol–water partition coefficient (Wildman–Crippen LogP) is 5.65. The van der Waals surface area contributed by atoms with Gasteiger partial charge in [-0.2, -0.15) is 0 Å². The van der Waals surface area contributed by atoms with Gasteiger partial charge in [-0.05, 0) is 47.6 Å². The molecule has 3 aromatic carbocycles. The summed E-state index contributed by atoms with van der Waals surface area (Å²) in [4.78, 5) is 38.7. The van der Waals surface area contributed by atoms with E-state index in [2.05, 4.69) is 34.9 Å². The Bertz CT molecular complexity index is 1360. The Morgan fingerprint density at radius 2 is 1.48 bits per heavy atom. The van der Waals surface area contributed by atoms with E-state index in [1.807, 2.05) is 54.6 Å². The number of amides is 2. The van der Waals surface area contributed by atoms with Crippen molar-refractivity contribution in [1.82, 2.24) is 10.6 Å². The van der Waals surface area contributed by atoms with E-state index in [0.29, 0.717) is 12.8 Å². The molecule has 0 aliphatic heterocycles. The molecule has 8 heteroatoms. The third-order valence-corrected chi connectivity index (χ3v) is 8.58. The summed E-state index contributed by atoms with van der Waals surface area (Å²) in [6, 6.07) is 24.5. The van der Waals surface area contributed by atoms with E-state index in [1.165, 1.54) is 0 Å². The van der Waals surface area contributed by atoms with Crippen molar-refractivity contribution in [2.24, 2.45) is 5.41 Å². The van der Waals surface area contributed by atoms with Crippen LogP contribution in [0.3, 0.4) is 0 Å². The zero-order chi connectivity index (χ0) is 29.5. The van der Waals surface area contributed by atoms with E-state index >= 15 is 0 Å². The van der Waals surface area contributed by atoms with Crippen molar-refractivity contribution in [3.8, 4) is 11.1 Å². The van der Waals surface area contributed by atoms with E-state index in [0.717, 1.165) is 47.1 Å². The molecule has 0 heterocycles. The average Bonchev–Trinajstić information content (AvgIpc) is 3.34. The van der Waals surface area contributed by atoms with Gasteiger partial charge in [-0.25, -0.2) is 9.59 Å². The minimum Gasteiger partial charge on any atom is -0.480 e. The largest absolute Gasteiger partial charge is 0.480 e. The van der Waals surface area contributed by atoms with Crippen LogP contribution in [0.4, 0.5) is 4.79 Å². The number of rotatable bonds is 11. The number of nitrogens with one attached hydrogen (secondary N) is 2. The molecule has 2 amide bonds. The molecule has 2 aliphatic carbocycles.